The molecule has 0 saturated carbocycles. The van der Waals surface area contributed by atoms with Crippen LogP contribution in [0.15, 0.2) is 48.8 Å². The predicted molar refractivity (Wildman–Crippen MR) is 108 cm³/mol. The molecule has 0 radical (unpaired) electrons. The number of carbonyl (C=O) groups excluding carboxylic acids is 1. The summed E-state index contributed by atoms with van der Waals surface area (Å²) in [6.07, 6.45) is 3.65. The van der Waals surface area contributed by atoms with Crippen LogP contribution in [0.25, 0.3) is 0 Å². The van der Waals surface area contributed by atoms with E-state index in [0.29, 0.717) is 19.7 Å². The van der Waals surface area contributed by atoms with Crippen molar-refractivity contribution in [3.63, 3.8) is 0 Å². The Kier molecular flexibility index (Phi) is 8.67. The summed E-state index contributed by atoms with van der Waals surface area (Å²) in [4.78, 5) is 18.9. The number of methoxy groups -OCH3 is 1. The molecule has 1 atom stereocenters. The number of benzene rings is 1. The van der Waals surface area contributed by atoms with Crippen LogP contribution < -0.4 is 10.6 Å². The van der Waals surface area contributed by atoms with Crippen LogP contribution in [-0.4, -0.2) is 49.1 Å². The Morgan fingerprint density at radius 3 is 2.96 bits per heavy atom. The summed E-state index contributed by atoms with van der Waals surface area (Å²) in [6.45, 7) is 4.06. The molecule has 7 heteroatoms. The molecule has 3 rings (SSSR count). The Labute approximate surface area is 166 Å². The van der Waals surface area contributed by atoms with Gasteiger partial charge in [0.05, 0.1) is 13.2 Å². The fourth-order valence-electron chi connectivity index (χ4n) is 3.27. The zero-order valence-corrected chi connectivity index (χ0v) is 16.4. The summed E-state index contributed by atoms with van der Waals surface area (Å²) in [5.41, 5.74) is 3.33. The van der Waals surface area contributed by atoms with Gasteiger partial charge in [0.25, 0.3) is 0 Å². The molecule has 2 aromatic rings. The second-order valence-electron chi connectivity index (χ2n) is 6.51. The molecule has 27 heavy (non-hydrogen) atoms. The van der Waals surface area contributed by atoms with E-state index >= 15 is 0 Å². The average molecular weight is 391 g/mol. The summed E-state index contributed by atoms with van der Waals surface area (Å²) >= 11 is 0. The van der Waals surface area contributed by atoms with Crippen LogP contribution in [-0.2, 0) is 22.7 Å². The van der Waals surface area contributed by atoms with Crippen molar-refractivity contribution in [2.24, 2.45) is 0 Å². The average Bonchev–Trinajstić information content (AvgIpc) is 2.68. The van der Waals surface area contributed by atoms with Gasteiger partial charge in [-0.05, 0) is 22.8 Å². The molecule has 1 aromatic heterocycles. The molecule has 1 fully saturated rings. The highest BCUT2D eigenvalue weighted by Gasteiger charge is 2.25. The van der Waals surface area contributed by atoms with Crippen molar-refractivity contribution in [3.05, 3.63) is 65.5 Å². The van der Waals surface area contributed by atoms with Gasteiger partial charge in [-0.15, -0.1) is 12.4 Å². The van der Waals surface area contributed by atoms with Crippen LogP contribution in [0.2, 0.25) is 0 Å². The minimum Gasteiger partial charge on any atom is -0.380 e. The third-order valence-electron chi connectivity index (χ3n) is 4.56. The van der Waals surface area contributed by atoms with Crippen molar-refractivity contribution in [3.8, 4) is 0 Å². The van der Waals surface area contributed by atoms with E-state index in [4.69, 9.17) is 4.74 Å². The molecule has 0 bridgehead atoms. The lowest BCUT2D eigenvalue weighted by atomic mass is 10.1. The number of hydrogen-bond acceptors (Lipinski definition) is 5. The van der Waals surface area contributed by atoms with Gasteiger partial charge in [0.2, 0.25) is 5.91 Å². The van der Waals surface area contributed by atoms with Crippen LogP contribution >= 0.6 is 12.4 Å². The van der Waals surface area contributed by atoms with Crippen molar-refractivity contribution in [1.82, 2.24) is 20.5 Å². The Morgan fingerprint density at radius 2 is 2.19 bits per heavy atom. The first-order chi connectivity index (χ1) is 12.8. The first-order valence-corrected chi connectivity index (χ1v) is 8.94. The minimum atomic E-state index is 0. The van der Waals surface area contributed by atoms with Gasteiger partial charge in [-0.2, -0.15) is 0 Å². The van der Waals surface area contributed by atoms with Crippen LogP contribution in [0.3, 0.4) is 0 Å². The second-order valence-corrected chi connectivity index (χ2v) is 6.51. The van der Waals surface area contributed by atoms with Gasteiger partial charge in [0.15, 0.2) is 0 Å². The van der Waals surface area contributed by atoms with Gasteiger partial charge in [0.1, 0.15) is 0 Å². The molecule has 1 amide bonds. The molecule has 1 aliphatic heterocycles. The lowest BCUT2D eigenvalue weighted by molar-refractivity contribution is -0.123. The lowest BCUT2D eigenvalue weighted by Gasteiger charge is -2.35. The number of nitrogens with one attached hydrogen (secondary N) is 2. The highest BCUT2D eigenvalue weighted by molar-refractivity contribution is 5.85. The Bertz CT molecular complexity index is 714. The molecule has 1 unspecified atom stereocenters. The van der Waals surface area contributed by atoms with E-state index in [1.807, 2.05) is 30.5 Å². The van der Waals surface area contributed by atoms with Crippen LogP contribution in [0.4, 0.5) is 0 Å². The maximum absolute atomic E-state index is 12.5. The van der Waals surface area contributed by atoms with Gasteiger partial charge in [-0.3, -0.25) is 14.7 Å². The van der Waals surface area contributed by atoms with Gasteiger partial charge in [0, 0.05) is 51.7 Å². The third-order valence-corrected chi connectivity index (χ3v) is 4.56. The number of aromatic nitrogens is 1. The van der Waals surface area contributed by atoms with Gasteiger partial charge < -0.3 is 15.4 Å². The number of carbonyl (C=O) groups is 1. The molecule has 1 aliphatic rings. The summed E-state index contributed by atoms with van der Waals surface area (Å²) < 4.78 is 5.16. The number of rotatable bonds is 7. The summed E-state index contributed by atoms with van der Waals surface area (Å²) in [7, 11) is 1.68. The maximum atomic E-state index is 12.5. The summed E-state index contributed by atoms with van der Waals surface area (Å²) in [6, 6.07) is 12.3. The number of piperazine rings is 1. The highest BCUT2D eigenvalue weighted by Crippen LogP contribution is 2.20. The van der Waals surface area contributed by atoms with E-state index in [1.165, 1.54) is 0 Å². The number of nitrogens with zero attached hydrogens (tertiary/aromatic N) is 2. The van der Waals surface area contributed by atoms with E-state index in [9.17, 15) is 4.79 Å². The van der Waals surface area contributed by atoms with E-state index in [0.717, 1.165) is 36.3 Å². The van der Waals surface area contributed by atoms with Crippen molar-refractivity contribution in [1.29, 1.82) is 0 Å². The van der Waals surface area contributed by atoms with Crippen molar-refractivity contribution < 1.29 is 9.53 Å². The van der Waals surface area contributed by atoms with Crippen molar-refractivity contribution in [2.75, 3.05) is 33.3 Å². The molecule has 1 saturated heterocycles. The molecule has 2 heterocycles. The maximum Gasteiger partial charge on any atom is 0.234 e. The SMILES string of the molecule is COCc1cccc(CNC(=O)CN2CCNCC2c2cccnc2)c1.Cl. The highest BCUT2D eigenvalue weighted by atomic mass is 35.5. The fraction of sp³-hybridized carbons (Fsp3) is 0.400. The predicted octanol–water partition coefficient (Wildman–Crippen LogP) is 1.91. The molecule has 146 valence electrons. The lowest BCUT2D eigenvalue weighted by Crippen LogP contribution is -2.49. The molecular formula is C20H27ClN4O2. The normalized spacial score (nSPS) is 17.1. The van der Waals surface area contributed by atoms with Crippen LogP contribution in [0.5, 0.6) is 0 Å². The van der Waals surface area contributed by atoms with E-state index in [1.54, 1.807) is 13.3 Å². The molecule has 0 spiro atoms. The molecule has 6 nitrogen and oxygen atoms in total. The van der Waals surface area contributed by atoms with E-state index < -0.39 is 0 Å². The topological polar surface area (TPSA) is 66.5 Å². The standard InChI is InChI=1S/C20H26N4O2.ClH/c1-26-15-17-5-2-4-16(10-17)11-23-20(25)14-24-9-8-22-13-19(24)18-6-3-7-21-12-18;/h2-7,10,12,19,22H,8-9,11,13-15H2,1H3,(H,23,25);1H. The van der Waals surface area contributed by atoms with E-state index in [-0.39, 0.29) is 24.4 Å². The van der Waals surface area contributed by atoms with E-state index in [2.05, 4.69) is 32.7 Å². The van der Waals surface area contributed by atoms with Crippen LogP contribution in [0, 0.1) is 0 Å². The van der Waals surface area contributed by atoms with Crippen molar-refractivity contribution in [2.45, 2.75) is 19.2 Å². The van der Waals surface area contributed by atoms with Gasteiger partial charge in [-0.25, -0.2) is 0 Å². The summed E-state index contributed by atoms with van der Waals surface area (Å²) in [5.74, 6) is 0.0398. The summed E-state index contributed by atoms with van der Waals surface area (Å²) in [5, 5.41) is 6.43. The number of hydrogen-bond donors (Lipinski definition) is 2. The Hall–Kier alpha value is -1.99. The zero-order valence-electron chi connectivity index (χ0n) is 15.6. The monoisotopic (exact) mass is 390 g/mol. The number of amides is 1. The smallest absolute Gasteiger partial charge is 0.234 e. The molecule has 1 aromatic carbocycles. The number of pyridine rings is 1. The van der Waals surface area contributed by atoms with Gasteiger partial charge in [-0.1, -0.05) is 30.3 Å². The zero-order chi connectivity index (χ0) is 18.2. The van der Waals surface area contributed by atoms with Crippen molar-refractivity contribution >= 4 is 18.3 Å². The fourth-order valence-corrected chi connectivity index (χ4v) is 3.27. The second kappa shape index (κ2) is 11.0. The third kappa shape index (κ3) is 6.29. The molecule has 0 aliphatic carbocycles. The van der Waals surface area contributed by atoms with Crippen LogP contribution in [0.1, 0.15) is 22.7 Å². The molecule has 2 N–H and O–H groups in total. The number of halogens is 1. The number of ether oxygens (including phenoxy) is 1. The Morgan fingerprint density at radius 1 is 1.33 bits per heavy atom. The molecular weight excluding hydrogens is 364 g/mol. The minimum absolute atomic E-state index is 0. The first kappa shape index (κ1) is 21.3. The first-order valence-electron chi connectivity index (χ1n) is 8.94. The quantitative estimate of drug-likeness (QED) is 0.756. The van der Waals surface area contributed by atoms with Gasteiger partial charge >= 0.3 is 0 Å². The Balaban J connectivity index is 0.00000261. The largest absolute Gasteiger partial charge is 0.380 e.